The van der Waals surface area contributed by atoms with Crippen molar-refractivity contribution in [3.05, 3.63) is 17.3 Å². The molecule has 6 heteroatoms. The Morgan fingerprint density at radius 3 is 3.12 bits per heavy atom. The molecule has 2 heterocycles. The molecule has 0 atom stereocenters. The summed E-state index contributed by atoms with van der Waals surface area (Å²) in [4.78, 5) is 10.9. The summed E-state index contributed by atoms with van der Waals surface area (Å²) in [6.07, 6.45) is 1.63. The molecule has 0 aromatic carbocycles. The average Bonchev–Trinajstić information content (AvgIpc) is 2.70. The molecule has 0 unspecified atom stereocenters. The summed E-state index contributed by atoms with van der Waals surface area (Å²) in [7, 11) is 0. The molecule has 2 aromatic heterocycles. The first-order valence-corrected chi connectivity index (χ1v) is 7.23. The van der Waals surface area contributed by atoms with Gasteiger partial charge in [-0.15, -0.1) is 23.1 Å². The minimum absolute atomic E-state index is 0.576. The van der Waals surface area contributed by atoms with E-state index in [1.807, 2.05) is 0 Å². The molecule has 0 aliphatic rings. The first-order valence-electron chi connectivity index (χ1n) is 5.43. The van der Waals surface area contributed by atoms with Crippen LogP contribution in [0.1, 0.15) is 4.88 Å². The van der Waals surface area contributed by atoms with Crippen molar-refractivity contribution in [2.24, 2.45) is 5.73 Å². The van der Waals surface area contributed by atoms with E-state index in [9.17, 15) is 0 Å². The van der Waals surface area contributed by atoms with Crippen LogP contribution in [0.25, 0.3) is 10.2 Å². The molecule has 0 spiro atoms. The van der Waals surface area contributed by atoms with Crippen LogP contribution in [-0.4, -0.2) is 35.5 Å². The Kier molecular flexibility index (Phi) is 4.73. The molecule has 2 aromatic rings. The van der Waals surface area contributed by atoms with Crippen molar-refractivity contribution in [3.63, 3.8) is 0 Å². The van der Waals surface area contributed by atoms with Gasteiger partial charge >= 0.3 is 0 Å². The molecule has 2 N–H and O–H groups in total. The molecule has 0 saturated carbocycles. The van der Waals surface area contributed by atoms with Crippen molar-refractivity contribution >= 4 is 33.3 Å². The van der Waals surface area contributed by atoms with Crippen LogP contribution in [0.5, 0.6) is 0 Å². The summed E-state index contributed by atoms with van der Waals surface area (Å²) in [6, 6.07) is 2.14. The number of nitrogens with two attached hydrogens (primary N) is 1. The maximum atomic E-state index is 5.35. The number of rotatable bonds is 6. The number of thiophene rings is 1. The molecule has 0 amide bonds. The summed E-state index contributed by atoms with van der Waals surface area (Å²) < 4.78 is 5.34. The lowest BCUT2D eigenvalue weighted by Crippen LogP contribution is -2.09. The van der Waals surface area contributed by atoms with Gasteiger partial charge in [-0.1, -0.05) is 0 Å². The lowest BCUT2D eigenvalue weighted by molar-refractivity contribution is 0.158. The Hall–Kier alpha value is -0.690. The minimum atomic E-state index is 0.576. The van der Waals surface area contributed by atoms with E-state index < -0.39 is 0 Å². The van der Waals surface area contributed by atoms with E-state index in [2.05, 4.69) is 23.0 Å². The molecular formula is C11H15N3OS2. The molecule has 17 heavy (non-hydrogen) atoms. The second-order valence-electron chi connectivity index (χ2n) is 3.50. The maximum absolute atomic E-state index is 5.35. The van der Waals surface area contributed by atoms with Crippen LogP contribution in [-0.2, 0) is 4.74 Å². The molecule has 2 rings (SSSR count). The van der Waals surface area contributed by atoms with E-state index >= 15 is 0 Å². The second kappa shape index (κ2) is 6.30. The van der Waals surface area contributed by atoms with Gasteiger partial charge in [0.1, 0.15) is 16.2 Å². The van der Waals surface area contributed by atoms with E-state index in [0.717, 1.165) is 21.0 Å². The van der Waals surface area contributed by atoms with Crippen molar-refractivity contribution < 1.29 is 4.74 Å². The number of hydrogen-bond acceptors (Lipinski definition) is 6. The summed E-state index contributed by atoms with van der Waals surface area (Å²) in [5.41, 5.74) is 5.35. The molecule has 0 bridgehead atoms. The third kappa shape index (κ3) is 3.38. The monoisotopic (exact) mass is 269 g/mol. The zero-order valence-corrected chi connectivity index (χ0v) is 11.3. The summed E-state index contributed by atoms with van der Waals surface area (Å²) in [6.45, 7) is 3.99. The predicted molar refractivity (Wildman–Crippen MR) is 72.7 cm³/mol. The normalized spacial score (nSPS) is 11.2. The van der Waals surface area contributed by atoms with Crippen LogP contribution >= 0.6 is 23.1 Å². The van der Waals surface area contributed by atoms with E-state index in [4.69, 9.17) is 10.5 Å². The van der Waals surface area contributed by atoms with Gasteiger partial charge < -0.3 is 10.5 Å². The highest BCUT2D eigenvalue weighted by Crippen LogP contribution is 2.29. The standard InChI is InChI=1S/C11H15N3OS2/c1-8-6-9-10(13-7-14-11(9)17-8)16-5-4-15-3-2-12/h6-7H,2-5,12H2,1H3. The molecule has 0 fully saturated rings. The molecule has 0 aliphatic carbocycles. The number of aryl methyl sites for hydroxylation is 1. The fraction of sp³-hybridized carbons (Fsp3) is 0.455. The zero-order chi connectivity index (χ0) is 12.1. The average molecular weight is 269 g/mol. The van der Waals surface area contributed by atoms with Crippen molar-refractivity contribution in [1.29, 1.82) is 0 Å². The topological polar surface area (TPSA) is 61.0 Å². The highest BCUT2D eigenvalue weighted by molar-refractivity contribution is 7.99. The number of fused-ring (bicyclic) bond motifs is 1. The highest BCUT2D eigenvalue weighted by atomic mass is 32.2. The quantitative estimate of drug-likeness (QED) is 0.494. The Morgan fingerprint density at radius 2 is 2.29 bits per heavy atom. The minimum Gasteiger partial charge on any atom is -0.379 e. The van der Waals surface area contributed by atoms with Crippen molar-refractivity contribution in [2.45, 2.75) is 11.9 Å². The zero-order valence-electron chi connectivity index (χ0n) is 9.68. The van der Waals surface area contributed by atoms with Crippen LogP contribution in [0.4, 0.5) is 0 Å². The van der Waals surface area contributed by atoms with E-state index in [0.29, 0.717) is 19.8 Å². The summed E-state index contributed by atoms with van der Waals surface area (Å²) in [5, 5.41) is 2.19. The Morgan fingerprint density at radius 1 is 1.41 bits per heavy atom. The van der Waals surface area contributed by atoms with Crippen LogP contribution < -0.4 is 5.73 Å². The molecule has 0 saturated heterocycles. The molecule has 0 aliphatic heterocycles. The van der Waals surface area contributed by atoms with Crippen molar-refractivity contribution in [2.75, 3.05) is 25.5 Å². The Balaban J connectivity index is 1.98. The first kappa shape index (κ1) is 12.8. The molecular weight excluding hydrogens is 254 g/mol. The van der Waals surface area contributed by atoms with Crippen LogP contribution in [0.15, 0.2) is 17.4 Å². The van der Waals surface area contributed by atoms with Gasteiger partial charge in [0, 0.05) is 22.6 Å². The Bertz CT molecular complexity index is 487. The Labute approximate surface area is 109 Å². The van der Waals surface area contributed by atoms with Crippen molar-refractivity contribution in [1.82, 2.24) is 9.97 Å². The first-order chi connectivity index (χ1) is 8.31. The largest absolute Gasteiger partial charge is 0.379 e. The fourth-order valence-electron chi connectivity index (χ4n) is 1.45. The van der Waals surface area contributed by atoms with Gasteiger partial charge in [-0.2, -0.15) is 0 Å². The van der Waals surface area contributed by atoms with Gasteiger partial charge in [0.15, 0.2) is 0 Å². The molecule has 4 nitrogen and oxygen atoms in total. The lowest BCUT2D eigenvalue weighted by Gasteiger charge is -2.02. The predicted octanol–water partition coefficient (Wildman–Crippen LogP) is 2.07. The smallest absolute Gasteiger partial charge is 0.128 e. The van der Waals surface area contributed by atoms with Crippen molar-refractivity contribution in [3.8, 4) is 0 Å². The third-order valence-corrected chi connectivity index (χ3v) is 4.07. The van der Waals surface area contributed by atoms with Crippen LogP contribution in [0.3, 0.4) is 0 Å². The number of hydrogen-bond donors (Lipinski definition) is 1. The summed E-state index contributed by atoms with van der Waals surface area (Å²) >= 11 is 3.40. The van der Waals surface area contributed by atoms with Gasteiger partial charge in [0.2, 0.25) is 0 Å². The number of nitrogens with zero attached hydrogens (tertiary/aromatic N) is 2. The van der Waals surface area contributed by atoms with E-state index in [1.54, 1.807) is 29.4 Å². The maximum Gasteiger partial charge on any atom is 0.128 e. The number of thioether (sulfide) groups is 1. The van der Waals surface area contributed by atoms with Crippen LogP contribution in [0, 0.1) is 6.92 Å². The fourth-order valence-corrected chi connectivity index (χ4v) is 3.19. The number of aromatic nitrogens is 2. The van der Waals surface area contributed by atoms with Crippen LogP contribution in [0.2, 0.25) is 0 Å². The molecule has 0 radical (unpaired) electrons. The molecule has 92 valence electrons. The van der Waals surface area contributed by atoms with Gasteiger partial charge in [-0.3, -0.25) is 0 Å². The SMILES string of the molecule is Cc1cc2c(SCCOCCN)ncnc2s1. The summed E-state index contributed by atoms with van der Waals surface area (Å²) in [5.74, 6) is 0.890. The van der Waals surface area contributed by atoms with Gasteiger partial charge in [-0.25, -0.2) is 9.97 Å². The van der Waals surface area contributed by atoms with E-state index in [-0.39, 0.29) is 0 Å². The second-order valence-corrected chi connectivity index (χ2v) is 5.82. The van der Waals surface area contributed by atoms with Gasteiger partial charge in [-0.05, 0) is 13.0 Å². The van der Waals surface area contributed by atoms with E-state index in [1.165, 1.54) is 4.88 Å². The third-order valence-electron chi connectivity index (χ3n) is 2.14. The highest BCUT2D eigenvalue weighted by Gasteiger charge is 2.06. The lowest BCUT2D eigenvalue weighted by atomic mass is 10.4. The van der Waals surface area contributed by atoms with Gasteiger partial charge in [0.25, 0.3) is 0 Å². The number of ether oxygens (including phenoxy) is 1. The van der Waals surface area contributed by atoms with Gasteiger partial charge in [0.05, 0.1) is 13.2 Å².